The molecule has 0 saturated heterocycles. The predicted molar refractivity (Wildman–Crippen MR) is 101 cm³/mol. The van der Waals surface area contributed by atoms with Crippen molar-refractivity contribution in [3.05, 3.63) is 60.8 Å². The number of anilines is 1. The second-order valence-electron chi connectivity index (χ2n) is 6.03. The summed E-state index contributed by atoms with van der Waals surface area (Å²) in [6.07, 6.45) is 14.3. The minimum atomic E-state index is 0.341. The zero-order valence-electron chi connectivity index (χ0n) is 14.7. The average Bonchev–Trinajstić information content (AvgIpc) is 2.57. The van der Waals surface area contributed by atoms with Crippen LogP contribution in [0.3, 0.4) is 0 Å². The van der Waals surface area contributed by atoms with Crippen LogP contribution in [-0.4, -0.2) is 6.54 Å². The zero-order chi connectivity index (χ0) is 16.4. The van der Waals surface area contributed by atoms with Crippen LogP contribution >= 0.6 is 0 Å². The first kappa shape index (κ1) is 18.3. The highest BCUT2D eigenvalue weighted by atomic mass is 15.1. The van der Waals surface area contributed by atoms with Crippen LogP contribution in [0, 0.1) is 5.41 Å². The summed E-state index contributed by atoms with van der Waals surface area (Å²) in [5, 5.41) is 0. The number of allylic oxidation sites excluding steroid dienone is 2. The molecule has 0 aliphatic carbocycles. The van der Waals surface area contributed by atoms with E-state index in [1.807, 2.05) is 6.08 Å². The second kappa shape index (κ2) is 9.30. The summed E-state index contributed by atoms with van der Waals surface area (Å²) in [6.45, 7) is 13.8. The lowest BCUT2D eigenvalue weighted by Crippen LogP contribution is -2.17. The fraction of sp³-hybridized carbons (Fsp3) is 0.429. The molecule has 0 fully saturated rings. The summed E-state index contributed by atoms with van der Waals surface area (Å²) < 4.78 is 0. The zero-order valence-corrected chi connectivity index (χ0v) is 14.7. The van der Waals surface area contributed by atoms with Crippen molar-refractivity contribution >= 4 is 11.8 Å². The fourth-order valence-electron chi connectivity index (χ4n) is 2.37. The Morgan fingerprint density at radius 1 is 1.23 bits per heavy atom. The molecule has 0 aliphatic rings. The van der Waals surface area contributed by atoms with Crippen molar-refractivity contribution in [3.8, 4) is 0 Å². The van der Waals surface area contributed by atoms with Gasteiger partial charge in [0.05, 0.1) is 0 Å². The topological polar surface area (TPSA) is 3.24 Å². The van der Waals surface area contributed by atoms with Gasteiger partial charge < -0.3 is 4.90 Å². The van der Waals surface area contributed by atoms with Gasteiger partial charge in [-0.25, -0.2) is 0 Å². The highest BCUT2D eigenvalue weighted by Crippen LogP contribution is 2.27. The molecule has 1 aromatic rings. The van der Waals surface area contributed by atoms with Crippen molar-refractivity contribution in [3.63, 3.8) is 0 Å². The molecule has 0 atom stereocenters. The van der Waals surface area contributed by atoms with Gasteiger partial charge in [-0.3, -0.25) is 0 Å². The lowest BCUT2D eigenvalue weighted by molar-refractivity contribution is 0.395. The molecule has 1 rings (SSSR count). The first-order valence-corrected chi connectivity index (χ1v) is 8.38. The quantitative estimate of drug-likeness (QED) is 0.474. The number of rotatable bonds is 9. The molecule has 0 spiro atoms. The molecule has 0 saturated carbocycles. The molecule has 120 valence electrons. The number of hydrogen-bond donors (Lipinski definition) is 0. The third-order valence-corrected chi connectivity index (χ3v) is 4.44. The predicted octanol–water partition coefficient (Wildman–Crippen LogP) is 6.44. The van der Waals surface area contributed by atoms with Crippen molar-refractivity contribution in [2.45, 2.75) is 47.0 Å². The lowest BCUT2D eigenvalue weighted by atomic mass is 9.84. The van der Waals surface area contributed by atoms with E-state index in [0.29, 0.717) is 5.41 Å². The Labute approximate surface area is 137 Å². The van der Waals surface area contributed by atoms with Crippen LogP contribution in [0.2, 0.25) is 0 Å². The summed E-state index contributed by atoms with van der Waals surface area (Å²) in [4.78, 5) is 2.30. The summed E-state index contributed by atoms with van der Waals surface area (Å²) in [6, 6.07) is 8.50. The van der Waals surface area contributed by atoms with Gasteiger partial charge in [-0.1, -0.05) is 63.8 Å². The Balaban J connectivity index is 2.73. The molecule has 0 N–H and O–H groups in total. The molecule has 1 heteroatoms. The normalized spacial score (nSPS) is 12.2. The molecule has 0 radical (unpaired) electrons. The standard InChI is InChI=1S/C21H31N/c1-6-16-22(20-14-12-13-19(7-2)18-20)17-11-10-15-21(5,8-3)9-4/h6-7,10,12-16,18H,2,8-9,11,17H2,1,3-5H3/b15-10+,16-6+. The Kier molecular flexibility index (Phi) is 7.73. The van der Waals surface area contributed by atoms with E-state index in [0.717, 1.165) is 18.5 Å². The molecule has 0 heterocycles. The number of benzene rings is 1. The van der Waals surface area contributed by atoms with Crippen molar-refractivity contribution in [2.24, 2.45) is 5.41 Å². The van der Waals surface area contributed by atoms with Crippen LogP contribution in [0.1, 0.15) is 52.5 Å². The number of nitrogens with zero attached hydrogens (tertiary/aromatic N) is 1. The van der Waals surface area contributed by atoms with Gasteiger partial charge in [-0.15, -0.1) is 0 Å². The van der Waals surface area contributed by atoms with E-state index in [1.54, 1.807) is 0 Å². The smallest absolute Gasteiger partial charge is 0.0412 e. The molecular formula is C21H31N. The van der Waals surface area contributed by atoms with Gasteiger partial charge in [0.25, 0.3) is 0 Å². The molecule has 0 bridgehead atoms. The minimum absolute atomic E-state index is 0.341. The average molecular weight is 297 g/mol. The maximum atomic E-state index is 3.85. The van der Waals surface area contributed by atoms with Gasteiger partial charge in [0.2, 0.25) is 0 Å². The van der Waals surface area contributed by atoms with Gasteiger partial charge in [0.15, 0.2) is 0 Å². The van der Waals surface area contributed by atoms with Crippen LogP contribution in [0.25, 0.3) is 6.08 Å². The Morgan fingerprint density at radius 2 is 1.95 bits per heavy atom. The minimum Gasteiger partial charge on any atom is -0.348 e. The maximum Gasteiger partial charge on any atom is 0.0412 e. The Morgan fingerprint density at radius 3 is 2.55 bits per heavy atom. The third kappa shape index (κ3) is 5.55. The van der Waals surface area contributed by atoms with Crippen LogP contribution in [0.4, 0.5) is 5.69 Å². The van der Waals surface area contributed by atoms with Crippen molar-refractivity contribution in [1.29, 1.82) is 0 Å². The van der Waals surface area contributed by atoms with E-state index in [9.17, 15) is 0 Å². The van der Waals surface area contributed by atoms with E-state index in [2.05, 4.69) is 87.9 Å². The van der Waals surface area contributed by atoms with E-state index in [4.69, 9.17) is 0 Å². The molecule has 22 heavy (non-hydrogen) atoms. The van der Waals surface area contributed by atoms with Crippen molar-refractivity contribution in [2.75, 3.05) is 11.4 Å². The molecule has 0 aliphatic heterocycles. The van der Waals surface area contributed by atoms with E-state index in [-0.39, 0.29) is 0 Å². The van der Waals surface area contributed by atoms with Crippen LogP contribution in [0.5, 0.6) is 0 Å². The van der Waals surface area contributed by atoms with Gasteiger partial charge in [-0.05, 0) is 55.5 Å². The van der Waals surface area contributed by atoms with Gasteiger partial charge >= 0.3 is 0 Å². The van der Waals surface area contributed by atoms with E-state index >= 15 is 0 Å². The highest BCUT2D eigenvalue weighted by Gasteiger charge is 2.14. The SMILES string of the molecule is C=Cc1cccc(N(/C=C/C)CC/C=C/C(C)(CC)CC)c1. The highest BCUT2D eigenvalue weighted by molar-refractivity contribution is 5.58. The first-order valence-electron chi connectivity index (χ1n) is 8.38. The van der Waals surface area contributed by atoms with Crippen molar-refractivity contribution in [1.82, 2.24) is 0 Å². The molecule has 0 aromatic heterocycles. The summed E-state index contributed by atoms with van der Waals surface area (Å²) in [5.41, 5.74) is 2.72. The molecule has 1 aromatic carbocycles. The van der Waals surface area contributed by atoms with Gasteiger partial charge in [-0.2, -0.15) is 0 Å². The largest absolute Gasteiger partial charge is 0.348 e. The van der Waals surface area contributed by atoms with Crippen molar-refractivity contribution < 1.29 is 0 Å². The number of hydrogen-bond acceptors (Lipinski definition) is 1. The van der Waals surface area contributed by atoms with Gasteiger partial charge in [0, 0.05) is 12.2 Å². The van der Waals surface area contributed by atoms with Crippen LogP contribution in [-0.2, 0) is 0 Å². The Bertz CT molecular complexity index is 506. The van der Waals surface area contributed by atoms with E-state index < -0.39 is 0 Å². The maximum absolute atomic E-state index is 3.85. The second-order valence-corrected chi connectivity index (χ2v) is 6.03. The lowest BCUT2D eigenvalue weighted by Gasteiger charge is -2.23. The van der Waals surface area contributed by atoms with Crippen LogP contribution in [0.15, 0.2) is 55.3 Å². The third-order valence-electron chi connectivity index (χ3n) is 4.44. The molecule has 0 unspecified atom stereocenters. The van der Waals surface area contributed by atoms with E-state index in [1.165, 1.54) is 18.5 Å². The first-order chi connectivity index (χ1) is 10.6. The van der Waals surface area contributed by atoms with Gasteiger partial charge in [0.1, 0.15) is 0 Å². The fourth-order valence-corrected chi connectivity index (χ4v) is 2.37. The summed E-state index contributed by atoms with van der Waals surface area (Å²) in [7, 11) is 0. The molecule has 1 nitrogen and oxygen atoms in total. The molecule has 0 amide bonds. The van der Waals surface area contributed by atoms with Crippen LogP contribution < -0.4 is 4.90 Å². The Hall–Kier alpha value is -1.76. The molecular weight excluding hydrogens is 266 g/mol. The summed E-state index contributed by atoms with van der Waals surface area (Å²) in [5.74, 6) is 0. The summed E-state index contributed by atoms with van der Waals surface area (Å²) >= 11 is 0. The monoisotopic (exact) mass is 297 g/mol.